The number of benzene rings is 2. The number of hydrogen-bond acceptors (Lipinski definition) is 6. The number of aryl methyl sites for hydroxylation is 1. The van der Waals surface area contributed by atoms with Gasteiger partial charge in [-0.2, -0.15) is 4.98 Å². The zero-order valence-corrected chi connectivity index (χ0v) is 17.1. The molecule has 1 amide bonds. The first-order chi connectivity index (χ1) is 13.6. The number of carbonyl (C=O) groups is 1. The van der Waals surface area contributed by atoms with E-state index in [1.165, 1.54) is 11.8 Å². The molecule has 0 saturated carbocycles. The molecule has 0 aliphatic rings. The van der Waals surface area contributed by atoms with E-state index in [9.17, 15) is 4.79 Å². The SMILES string of the molecule is CCN(CC)c1ccc(NC(=O)c2ccccc2SCc2noc(C)n2)cc1. The van der Waals surface area contributed by atoms with E-state index in [2.05, 4.69) is 34.2 Å². The smallest absolute Gasteiger partial charge is 0.256 e. The molecule has 146 valence electrons. The lowest BCUT2D eigenvalue weighted by Gasteiger charge is -2.21. The van der Waals surface area contributed by atoms with Gasteiger partial charge in [0, 0.05) is 36.3 Å². The predicted octanol–water partition coefficient (Wildman–Crippen LogP) is 4.77. The van der Waals surface area contributed by atoms with E-state index in [1.54, 1.807) is 6.92 Å². The zero-order valence-electron chi connectivity index (χ0n) is 16.3. The summed E-state index contributed by atoms with van der Waals surface area (Å²) in [5.74, 6) is 1.56. The number of thioether (sulfide) groups is 1. The summed E-state index contributed by atoms with van der Waals surface area (Å²) in [6.45, 7) is 7.92. The highest BCUT2D eigenvalue weighted by molar-refractivity contribution is 7.98. The molecule has 28 heavy (non-hydrogen) atoms. The van der Waals surface area contributed by atoms with Crippen LogP contribution >= 0.6 is 11.8 Å². The van der Waals surface area contributed by atoms with Gasteiger partial charge in [-0.25, -0.2) is 0 Å². The van der Waals surface area contributed by atoms with Crippen LogP contribution in [-0.2, 0) is 5.75 Å². The summed E-state index contributed by atoms with van der Waals surface area (Å²) in [6, 6.07) is 15.5. The van der Waals surface area contributed by atoms with Crippen molar-refractivity contribution in [1.82, 2.24) is 10.1 Å². The van der Waals surface area contributed by atoms with Gasteiger partial charge in [0.1, 0.15) is 0 Å². The summed E-state index contributed by atoms with van der Waals surface area (Å²) in [6.07, 6.45) is 0. The molecule has 0 fully saturated rings. The van der Waals surface area contributed by atoms with E-state index in [0.29, 0.717) is 23.0 Å². The normalized spacial score (nSPS) is 10.7. The minimum absolute atomic E-state index is 0.136. The molecule has 0 bridgehead atoms. The third-order valence-electron chi connectivity index (χ3n) is 4.31. The molecule has 0 saturated heterocycles. The average molecular weight is 397 g/mol. The Bertz CT molecular complexity index is 920. The Labute approximate surface area is 169 Å². The molecule has 1 N–H and O–H groups in total. The highest BCUT2D eigenvalue weighted by Crippen LogP contribution is 2.26. The first-order valence-electron chi connectivity index (χ1n) is 9.28. The molecule has 0 aliphatic carbocycles. The maximum absolute atomic E-state index is 12.8. The summed E-state index contributed by atoms with van der Waals surface area (Å²) in [5, 5.41) is 6.88. The number of aromatic nitrogens is 2. The van der Waals surface area contributed by atoms with E-state index >= 15 is 0 Å². The Kier molecular flexibility index (Phi) is 6.71. The second-order valence-corrected chi connectivity index (χ2v) is 7.20. The van der Waals surface area contributed by atoms with Gasteiger partial charge in [-0.1, -0.05) is 17.3 Å². The van der Waals surface area contributed by atoms with Crippen molar-refractivity contribution >= 4 is 29.0 Å². The van der Waals surface area contributed by atoms with Crippen molar-refractivity contribution in [2.75, 3.05) is 23.3 Å². The lowest BCUT2D eigenvalue weighted by Crippen LogP contribution is -2.21. The molecule has 0 spiro atoms. The molecule has 3 aromatic rings. The minimum atomic E-state index is -0.136. The molecule has 6 nitrogen and oxygen atoms in total. The van der Waals surface area contributed by atoms with Crippen LogP contribution in [-0.4, -0.2) is 29.1 Å². The lowest BCUT2D eigenvalue weighted by atomic mass is 10.2. The second-order valence-electron chi connectivity index (χ2n) is 6.19. The number of amides is 1. The molecule has 7 heteroatoms. The highest BCUT2D eigenvalue weighted by atomic mass is 32.2. The third-order valence-corrected chi connectivity index (χ3v) is 5.38. The summed E-state index contributed by atoms with van der Waals surface area (Å²) in [4.78, 5) is 20.1. The molecule has 0 unspecified atom stereocenters. The van der Waals surface area contributed by atoms with Crippen molar-refractivity contribution in [2.45, 2.75) is 31.4 Å². The fourth-order valence-corrected chi connectivity index (χ4v) is 3.76. The molecule has 0 aliphatic heterocycles. The number of carbonyl (C=O) groups excluding carboxylic acids is 1. The molecular weight excluding hydrogens is 372 g/mol. The Morgan fingerprint density at radius 1 is 1.11 bits per heavy atom. The van der Waals surface area contributed by atoms with Gasteiger partial charge in [0.2, 0.25) is 5.89 Å². The van der Waals surface area contributed by atoms with Crippen LogP contribution in [0.25, 0.3) is 0 Å². The Morgan fingerprint density at radius 3 is 2.46 bits per heavy atom. The molecule has 0 atom stereocenters. The summed E-state index contributed by atoms with van der Waals surface area (Å²) in [7, 11) is 0. The van der Waals surface area contributed by atoms with Crippen LogP contribution in [0.15, 0.2) is 57.9 Å². The Hall–Kier alpha value is -2.80. The fourth-order valence-electron chi connectivity index (χ4n) is 2.87. The van der Waals surface area contributed by atoms with Crippen LogP contribution < -0.4 is 10.2 Å². The lowest BCUT2D eigenvalue weighted by molar-refractivity contribution is 0.102. The maximum Gasteiger partial charge on any atom is 0.256 e. The first kappa shape index (κ1) is 19.9. The summed E-state index contributed by atoms with van der Waals surface area (Å²) in [5.41, 5.74) is 2.55. The summed E-state index contributed by atoms with van der Waals surface area (Å²) >= 11 is 1.51. The molecule has 3 rings (SSSR count). The van der Waals surface area contributed by atoms with E-state index in [0.717, 1.165) is 29.4 Å². The van der Waals surface area contributed by atoms with Crippen molar-refractivity contribution in [2.24, 2.45) is 0 Å². The monoisotopic (exact) mass is 396 g/mol. The van der Waals surface area contributed by atoms with E-state index in [-0.39, 0.29) is 5.91 Å². The number of nitrogens with zero attached hydrogens (tertiary/aromatic N) is 3. The quantitative estimate of drug-likeness (QED) is 0.553. The molecule has 0 radical (unpaired) electrons. The standard InChI is InChI=1S/C21H24N4O2S/c1-4-25(5-2)17-12-10-16(11-13-17)23-21(26)18-8-6-7-9-19(18)28-14-20-22-15(3)27-24-20/h6-13H,4-5,14H2,1-3H3,(H,23,26). The zero-order chi connectivity index (χ0) is 19.9. The van der Waals surface area contributed by atoms with Crippen LogP contribution in [0.5, 0.6) is 0 Å². The number of rotatable bonds is 8. The maximum atomic E-state index is 12.8. The van der Waals surface area contributed by atoms with Gasteiger partial charge in [-0.3, -0.25) is 4.79 Å². The van der Waals surface area contributed by atoms with Crippen LogP contribution in [0, 0.1) is 6.92 Å². The number of nitrogens with one attached hydrogen (secondary N) is 1. The van der Waals surface area contributed by atoms with Crippen molar-refractivity contribution in [3.8, 4) is 0 Å². The highest BCUT2D eigenvalue weighted by Gasteiger charge is 2.13. The Balaban J connectivity index is 1.68. The number of hydrogen-bond donors (Lipinski definition) is 1. The van der Waals surface area contributed by atoms with E-state index in [1.807, 2.05) is 48.5 Å². The first-order valence-corrected chi connectivity index (χ1v) is 10.3. The molecule has 1 aromatic heterocycles. The van der Waals surface area contributed by atoms with Gasteiger partial charge < -0.3 is 14.7 Å². The van der Waals surface area contributed by atoms with E-state index in [4.69, 9.17) is 4.52 Å². The van der Waals surface area contributed by atoms with Gasteiger partial charge in [-0.05, 0) is 50.2 Å². The van der Waals surface area contributed by atoms with Crippen LogP contribution in [0.4, 0.5) is 11.4 Å². The summed E-state index contributed by atoms with van der Waals surface area (Å²) < 4.78 is 5.00. The molecular formula is C21H24N4O2S. The predicted molar refractivity (Wildman–Crippen MR) is 113 cm³/mol. The van der Waals surface area contributed by atoms with Crippen molar-refractivity contribution in [3.05, 3.63) is 65.8 Å². The molecule has 2 aromatic carbocycles. The topological polar surface area (TPSA) is 71.3 Å². The largest absolute Gasteiger partial charge is 0.372 e. The Morgan fingerprint density at radius 2 is 1.82 bits per heavy atom. The van der Waals surface area contributed by atoms with Crippen LogP contribution in [0.2, 0.25) is 0 Å². The number of anilines is 2. The third kappa shape index (κ3) is 4.92. The van der Waals surface area contributed by atoms with E-state index < -0.39 is 0 Å². The average Bonchev–Trinajstić information content (AvgIpc) is 3.14. The van der Waals surface area contributed by atoms with Crippen LogP contribution in [0.3, 0.4) is 0 Å². The van der Waals surface area contributed by atoms with Gasteiger partial charge in [0.25, 0.3) is 5.91 Å². The van der Waals surface area contributed by atoms with Crippen molar-refractivity contribution in [3.63, 3.8) is 0 Å². The van der Waals surface area contributed by atoms with Crippen molar-refractivity contribution < 1.29 is 9.32 Å². The van der Waals surface area contributed by atoms with Crippen molar-refractivity contribution in [1.29, 1.82) is 0 Å². The minimum Gasteiger partial charge on any atom is -0.372 e. The van der Waals surface area contributed by atoms with Gasteiger partial charge in [0.15, 0.2) is 5.82 Å². The second kappa shape index (κ2) is 9.41. The van der Waals surface area contributed by atoms with Crippen LogP contribution in [0.1, 0.15) is 35.9 Å². The molecule has 1 heterocycles. The van der Waals surface area contributed by atoms with Gasteiger partial charge >= 0.3 is 0 Å². The van der Waals surface area contributed by atoms with Gasteiger partial charge in [-0.15, -0.1) is 11.8 Å². The fraction of sp³-hybridized carbons (Fsp3) is 0.286. The van der Waals surface area contributed by atoms with Gasteiger partial charge in [0.05, 0.1) is 11.3 Å².